The maximum absolute atomic E-state index is 6.36. The lowest BCUT2D eigenvalue weighted by Crippen LogP contribution is -2.38. The zero-order valence-electron chi connectivity index (χ0n) is 17.2. The van der Waals surface area contributed by atoms with Crippen LogP contribution in [0.1, 0.15) is 36.6 Å². The van der Waals surface area contributed by atoms with Crippen LogP contribution in [-0.4, -0.2) is 23.4 Å². The van der Waals surface area contributed by atoms with Gasteiger partial charge in [-0.1, -0.05) is 91.0 Å². The fourth-order valence-electron chi connectivity index (χ4n) is 4.07. The average Bonchev–Trinajstić information content (AvgIpc) is 3.10. The quantitative estimate of drug-likeness (QED) is 0.528. The fraction of sp³-hybridized carbons (Fsp3) is 0.308. The van der Waals surface area contributed by atoms with E-state index < -0.39 is 5.79 Å². The van der Waals surface area contributed by atoms with Crippen molar-refractivity contribution in [2.75, 3.05) is 6.61 Å². The van der Waals surface area contributed by atoms with Gasteiger partial charge in [0.05, 0.1) is 12.6 Å². The molecule has 4 rings (SSSR count). The molecule has 0 saturated carbocycles. The molecule has 0 aliphatic carbocycles. The summed E-state index contributed by atoms with van der Waals surface area (Å²) in [7, 11) is 0. The van der Waals surface area contributed by atoms with E-state index in [2.05, 4.69) is 95.9 Å². The summed E-state index contributed by atoms with van der Waals surface area (Å²) in [6.45, 7) is 6.26. The van der Waals surface area contributed by atoms with E-state index in [0.717, 1.165) is 13.1 Å². The molecular weight excluding hydrogens is 358 g/mol. The second-order valence-corrected chi connectivity index (χ2v) is 8.10. The lowest BCUT2D eigenvalue weighted by atomic mass is 9.98. The summed E-state index contributed by atoms with van der Waals surface area (Å²) in [5.41, 5.74) is 3.84. The Hall–Kier alpha value is -2.46. The smallest absolute Gasteiger partial charge is 0.163 e. The monoisotopic (exact) mass is 387 g/mol. The third-order valence-electron chi connectivity index (χ3n) is 5.37. The van der Waals surface area contributed by atoms with E-state index in [1.807, 2.05) is 13.8 Å². The Balaban J connectivity index is 1.70. The van der Waals surface area contributed by atoms with Crippen molar-refractivity contribution in [2.24, 2.45) is 0 Å². The molecular formula is C26H29NO2. The van der Waals surface area contributed by atoms with Crippen LogP contribution < -0.4 is 0 Å². The highest BCUT2D eigenvalue weighted by molar-refractivity contribution is 5.24. The van der Waals surface area contributed by atoms with Crippen molar-refractivity contribution in [3.63, 3.8) is 0 Å². The van der Waals surface area contributed by atoms with Crippen LogP contribution in [-0.2, 0) is 22.6 Å². The van der Waals surface area contributed by atoms with E-state index in [1.165, 1.54) is 16.7 Å². The Bertz CT molecular complexity index is 839. The molecule has 0 bridgehead atoms. The summed E-state index contributed by atoms with van der Waals surface area (Å²) in [4.78, 5) is 2.51. The topological polar surface area (TPSA) is 21.7 Å². The summed E-state index contributed by atoms with van der Waals surface area (Å²) in [6.07, 6.45) is -0.0279. The summed E-state index contributed by atoms with van der Waals surface area (Å²) < 4.78 is 12.3. The molecule has 3 nitrogen and oxygen atoms in total. The van der Waals surface area contributed by atoms with Gasteiger partial charge in [-0.25, -0.2) is 0 Å². The van der Waals surface area contributed by atoms with Crippen LogP contribution in [0.5, 0.6) is 0 Å². The molecule has 0 amide bonds. The first-order chi connectivity index (χ1) is 14.1. The number of hydrogen-bond acceptors (Lipinski definition) is 3. The highest BCUT2D eigenvalue weighted by Crippen LogP contribution is 2.36. The maximum atomic E-state index is 6.36. The number of benzene rings is 3. The standard InChI is InChI=1S/C26H29NO2/c1-26(2)28-20-24(29-26)25(23-16-10-5-11-17-23)27(18-21-12-6-3-7-13-21)19-22-14-8-4-9-15-22/h3-17,24-25H,18-20H2,1-2H3/t24-,25?/m1/s1. The van der Waals surface area contributed by atoms with Gasteiger partial charge in [-0.3, -0.25) is 4.90 Å². The van der Waals surface area contributed by atoms with Crippen LogP contribution in [0.3, 0.4) is 0 Å². The van der Waals surface area contributed by atoms with Crippen molar-refractivity contribution in [2.45, 2.75) is 44.9 Å². The second-order valence-electron chi connectivity index (χ2n) is 8.10. The van der Waals surface area contributed by atoms with Gasteiger partial charge in [-0.15, -0.1) is 0 Å². The van der Waals surface area contributed by atoms with E-state index in [1.54, 1.807) is 0 Å². The van der Waals surface area contributed by atoms with Crippen LogP contribution in [0.15, 0.2) is 91.0 Å². The van der Waals surface area contributed by atoms with Crippen molar-refractivity contribution in [3.05, 3.63) is 108 Å². The molecule has 3 heteroatoms. The average molecular weight is 388 g/mol. The van der Waals surface area contributed by atoms with Crippen LogP contribution in [0.4, 0.5) is 0 Å². The molecule has 29 heavy (non-hydrogen) atoms. The predicted octanol–water partition coefficient (Wildman–Crippen LogP) is 5.58. The van der Waals surface area contributed by atoms with E-state index >= 15 is 0 Å². The molecule has 1 unspecified atom stereocenters. The molecule has 0 radical (unpaired) electrons. The molecule has 1 aliphatic heterocycles. The van der Waals surface area contributed by atoms with Gasteiger partial charge in [0.25, 0.3) is 0 Å². The molecule has 1 aliphatic rings. The van der Waals surface area contributed by atoms with Crippen LogP contribution in [0.25, 0.3) is 0 Å². The largest absolute Gasteiger partial charge is 0.348 e. The third-order valence-corrected chi connectivity index (χ3v) is 5.37. The molecule has 3 aromatic carbocycles. The Labute approximate surface area is 173 Å². The van der Waals surface area contributed by atoms with Crippen molar-refractivity contribution in [1.29, 1.82) is 0 Å². The van der Waals surface area contributed by atoms with Gasteiger partial charge in [0, 0.05) is 13.1 Å². The molecule has 150 valence electrons. The molecule has 1 heterocycles. The summed E-state index contributed by atoms with van der Waals surface area (Å²) in [6, 6.07) is 32.1. The molecule has 0 aromatic heterocycles. The Kier molecular flexibility index (Phi) is 6.10. The Morgan fingerprint density at radius 3 is 1.72 bits per heavy atom. The highest BCUT2D eigenvalue weighted by atomic mass is 16.7. The van der Waals surface area contributed by atoms with E-state index in [-0.39, 0.29) is 12.1 Å². The zero-order chi connectivity index (χ0) is 20.1. The van der Waals surface area contributed by atoms with Crippen molar-refractivity contribution in [3.8, 4) is 0 Å². The predicted molar refractivity (Wildman–Crippen MR) is 116 cm³/mol. The minimum Gasteiger partial charge on any atom is -0.348 e. The van der Waals surface area contributed by atoms with Crippen molar-refractivity contribution in [1.82, 2.24) is 4.90 Å². The SMILES string of the molecule is CC1(C)OC[C@H](C(c2ccccc2)N(Cc2ccccc2)Cc2ccccc2)O1. The first-order valence-electron chi connectivity index (χ1n) is 10.3. The van der Waals surface area contributed by atoms with Gasteiger partial charge in [0.1, 0.15) is 6.10 Å². The third kappa shape index (κ3) is 5.13. The molecule has 1 fully saturated rings. The minimum atomic E-state index is -0.553. The van der Waals surface area contributed by atoms with Crippen molar-refractivity contribution < 1.29 is 9.47 Å². The summed E-state index contributed by atoms with van der Waals surface area (Å²) in [5.74, 6) is -0.553. The molecule has 0 N–H and O–H groups in total. The molecule has 1 saturated heterocycles. The Morgan fingerprint density at radius 2 is 1.28 bits per heavy atom. The highest BCUT2D eigenvalue weighted by Gasteiger charge is 2.40. The summed E-state index contributed by atoms with van der Waals surface area (Å²) in [5, 5.41) is 0. The zero-order valence-corrected chi connectivity index (χ0v) is 17.2. The van der Waals surface area contributed by atoms with Gasteiger partial charge in [0.2, 0.25) is 0 Å². The first-order valence-corrected chi connectivity index (χ1v) is 10.3. The van der Waals surface area contributed by atoms with Crippen LogP contribution >= 0.6 is 0 Å². The number of ether oxygens (including phenoxy) is 2. The Morgan fingerprint density at radius 1 is 0.793 bits per heavy atom. The van der Waals surface area contributed by atoms with Gasteiger partial charge in [-0.2, -0.15) is 0 Å². The lowest BCUT2D eigenvalue weighted by molar-refractivity contribution is -0.147. The van der Waals surface area contributed by atoms with Crippen LogP contribution in [0, 0.1) is 0 Å². The number of nitrogens with zero attached hydrogens (tertiary/aromatic N) is 1. The maximum Gasteiger partial charge on any atom is 0.163 e. The van der Waals surface area contributed by atoms with Gasteiger partial charge in [-0.05, 0) is 30.5 Å². The summed E-state index contributed by atoms with van der Waals surface area (Å²) >= 11 is 0. The first kappa shape index (κ1) is 19.8. The van der Waals surface area contributed by atoms with Crippen LogP contribution in [0.2, 0.25) is 0 Å². The normalized spacial score (nSPS) is 19.3. The molecule has 0 spiro atoms. The minimum absolute atomic E-state index is 0.0279. The van der Waals surface area contributed by atoms with E-state index in [4.69, 9.17) is 9.47 Å². The van der Waals surface area contributed by atoms with E-state index in [0.29, 0.717) is 6.61 Å². The van der Waals surface area contributed by atoms with Gasteiger partial charge in [0.15, 0.2) is 5.79 Å². The molecule has 2 atom stereocenters. The van der Waals surface area contributed by atoms with E-state index in [9.17, 15) is 0 Å². The van der Waals surface area contributed by atoms with Gasteiger partial charge < -0.3 is 9.47 Å². The van der Waals surface area contributed by atoms with Crippen molar-refractivity contribution >= 4 is 0 Å². The number of rotatable bonds is 7. The number of hydrogen-bond donors (Lipinski definition) is 0. The second kappa shape index (κ2) is 8.91. The molecule has 3 aromatic rings. The lowest BCUT2D eigenvalue weighted by Gasteiger charge is -2.36. The van der Waals surface area contributed by atoms with Gasteiger partial charge >= 0.3 is 0 Å². The fourth-order valence-corrected chi connectivity index (χ4v) is 4.07.